The number of aromatic nitrogens is 2. The fourth-order valence-electron chi connectivity index (χ4n) is 2.69. The van der Waals surface area contributed by atoms with Gasteiger partial charge in [-0.2, -0.15) is 0 Å². The standard InChI is InChI=1S/C14H21N3O3/c1-16(9-11-5-3-2-4-6-11)13(19)10-17-8-7-12(18)15-14(17)20/h7-8,11H,2-6,9-10H2,1H3,(H,15,18,20). The number of amides is 1. The third-order valence-electron chi connectivity index (χ3n) is 3.89. The zero-order valence-electron chi connectivity index (χ0n) is 11.8. The lowest BCUT2D eigenvalue weighted by molar-refractivity contribution is -0.131. The van der Waals surface area contributed by atoms with Crippen LogP contribution in [0.25, 0.3) is 0 Å². The van der Waals surface area contributed by atoms with Crippen LogP contribution in [0.5, 0.6) is 0 Å². The Morgan fingerprint density at radius 1 is 1.35 bits per heavy atom. The lowest BCUT2D eigenvalue weighted by Gasteiger charge is -2.27. The fourth-order valence-corrected chi connectivity index (χ4v) is 2.69. The number of hydrogen-bond donors (Lipinski definition) is 1. The molecule has 1 aromatic rings. The topological polar surface area (TPSA) is 75.2 Å². The smallest absolute Gasteiger partial charge is 0.328 e. The average molecular weight is 279 g/mol. The molecular weight excluding hydrogens is 258 g/mol. The highest BCUT2D eigenvalue weighted by atomic mass is 16.2. The molecule has 110 valence electrons. The second-order valence-corrected chi connectivity index (χ2v) is 5.52. The van der Waals surface area contributed by atoms with Crippen molar-refractivity contribution >= 4 is 5.91 Å². The SMILES string of the molecule is CN(CC1CCCCC1)C(=O)Cn1ccc(=O)[nH]c1=O. The van der Waals surface area contributed by atoms with Gasteiger partial charge in [-0.25, -0.2) is 4.79 Å². The maximum atomic E-state index is 12.1. The van der Waals surface area contributed by atoms with E-state index in [1.54, 1.807) is 11.9 Å². The number of carbonyl (C=O) groups is 1. The number of likely N-dealkylation sites (N-methyl/N-ethyl adjacent to an activating group) is 1. The Kier molecular flexibility index (Phi) is 4.76. The number of hydrogen-bond acceptors (Lipinski definition) is 3. The third kappa shape index (κ3) is 3.82. The Labute approximate surface area is 117 Å². The van der Waals surface area contributed by atoms with Crippen LogP contribution in [0.3, 0.4) is 0 Å². The van der Waals surface area contributed by atoms with Crippen LogP contribution >= 0.6 is 0 Å². The molecule has 1 fully saturated rings. The molecule has 0 radical (unpaired) electrons. The van der Waals surface area contributed by atoms with Crippen LogP contribution in [-0.4, -0.2) is 34.0 Å². The number of carbonyl (C=O) groups excluding carboxylic acids is 1. The van der Waals surface area contributed by atoms with E-state index in [-0.39, 0.29) is 12.5 Å². The molecule has 0 bridgehead atoms. The summed E-state index contributed by atoms with van der Waals surface area (Å²) in [4.78, 5) is 38.4. The van der Waals surface area contributed by atoms with Crippen molar-refractivity contribution in [3.63, 3.8) is 0 Å². The van der Waals surface area contributed by atoms with E-state index in [4.69, 9.17) is 0 Å². The Morgan fingerprint density at radius 3 is 2.70 bits per heavy atom. The molecule has 0 spiro atoms. The molecule has 6 nitrogen and oxygen atoms in total. The maximum absolute atomic E-state index is 12.1. The summed E-state index contributed by atoms with van der Waals surface area (Å²) in [7, 11) is 1.77. The molecule has 1 aromatic heterocycles. The average Bonchev–Trinajstić information content (AvgIpc) is 2.43. The minimum absolute atomic E-state index is 0.0289. The van der Waals surface area contributed by atoms with Gasteiger partial charge in [0.15, 0.2) is 0 Å². The van der Waals surface area contributed by atoms with Crippen LogP contribution in [0.2, 0.25) is 0 Å². The summed E-state index contributed by atoms with van der Waals surface area (Å²) in [6, 6.07) is 1.25. The van der Waals surface area contributed by atoms with Gasteiger partial charge in [0.1, 0.15) is 6.54 Å². The van der Waals surface area contributed by atoms with Crippen molar-refractivity contribution < 1.29 is 4.79 Å². The van der Waals surface area contributed by atoms with Crippen molar-refractivity contribution in [1.29, 1.82) is 0 Å². The highest BCUT2D eigenvalue weighted by Gasteiger charge is 2.18. The van der Waals surface area contributed by atoms with Crippen LogP contribution < -0.4 is 11.2 Å². The number of nitrogens with zero attached hydrogens (tertiary/aromatic N) is 2. The number of rotatable bonds is 4. The van der Waals surface area contributed by atoms with Gasteiger partial charge < -0.3 is 4.90 Å². The monoisotopic (exact) mass is 279 g/mol. The summed E-state index contributed by atoms with van der Waals surface area (Å²) >= 11 is 0. The summed E-state index contributed by atoms with van der Waals surface area (Å²) in [6.45, 7) is 0.718. The first-order valence-corrected chi connectivity index (χ1v) is 7.10. The summed E-state index contributed by atoms with van der Waals surface area (Å²) in [6.07, 6.45) is 7.49. The zero-order chi connectivity index (χ0) is 14.5. The molecule has 1 N–H and O–H groups in total. The van der Waals surface area contributed by atoms with Gasteiger partial charge in [-0.1, -0.05) is 19.3 Å². The van der Waals surface area contributed by atoms with E-state index >= 15 is 0 Å². The quantitative estimate of drug-likeness (QED) is 0.875. The minimum Gasteiger partial charge on any atom is -0.344 e. The van der Waals surface area contributed by atoms with Crippen molar-refractivity contribution in [3.8, 4) is 0 Å². The molecule has 6 heteroatoms. The highest BCUT2D eigenvalue weighted by molar-refractivity contribution is 5.75. The Bertz CT molecular complexity index is 570. The van der Waals surface area contributed by atoms with Crippen LogP contribution in [0, 0.1) is 5.92 Å². The predicted octanol–water partition coefficient (Wildman–Crippen LogP) is 0.575. The first kappa shape index (κ1) is 14.6. The van der Waals surface area contributed by atoms with E-state index in [0.29, 0.717) is 5.92 Å². The Morgan fingerprint density at radius 2 is 2.05 bits per heavy atom. The van der Waals surface area contributed by atoms with E-state index in [1.165, 1.54) is 48.9 Å². The molecule has 1 saturated carbocycles. The summed E-state index contributed by atoms with van der Waals surface area (Å²) in [5.41, 5.74) is -0.994. The minimum atomic E-state index is -0.545. The van der Waals surface area contributed by atoms with Crippen molar-refractivity contribution in [1.82, 2.24) is 14.5 Å². The zero-order valence-corrected chi connectivity index (χ0v) is 11.8. The van der Waals surface area contributed by atoms with E-state index in [9.17, 15) is 14.4 Å². The molecule has 2 rings (SSSR count). The van der Waals surface area contributed by atoms with Gasteiger partial charge in [-0.15, -0.1) is 0 Å². The summed E-state index contributed by atoms with van der Waals surface area (Å²) in [5, 5.41) is 0. The van der Waals surface area contributed by atoms with Gasteiger partial charge in [-0.05, 0) is 18.8 Å². The lowest BCUT2D eigenvalue weighted by atomic mass is 9.89. The van der Waals surface area contributed by atoms with Gasteiger partial charge in [-0.3, -0.25) is 19.1 Å². The van der Waals surface area contributed by atoms with E-state index in [2.05, 4.69) is 4.98 Å². The molecule has 1 aliphatic carbocycles. The second kappa shape index (κ2) is 6.54. The number of H-pyrrole nitrogens is 1. The van der Waals surface area contributed by atoms with Crippen molar-refractivity contribution in [3.05, 3.63) is 33.1 Å². The largest absolute Gasteiger partial charge is 0.344 e. The molecule has 1 aliphatic rings. The molecule has 1 heterocycles. The highest BCUT2D eigenvalue weighted by Crippen LogP contribution is 2.24. The molecule has 0 unspecified atom stereocenters. The van der Waals surface area contributed by atoms with Crippen LogP contribution in [0.4, 0.5) is 0 Å². The summed E-state index contributed by atoms with van der Waals surface area (Å²) < 4.78 is 1.22. The number of aromatic amines is 1. The van der Waals surface area contributed by atoms with E-state index < -0.39 is 11.2 Å². The Balaban J connectivity index is 1.93. The van der Waals surface area contributed by atoms with Gasteiger partial charge in [0.2, 0.25) is 5.91 Å². The van der Waals surface area contributed by atoms with Crippen LogP contribution in [0.15, 0.2) is 21.9 Å². The molecule has 1 amide bonds. The predicted molar refractivity (Wildman–Crippen MR) is 75.5 cm³/mol. The lowest BCUT2D eigenvalue weighted by Crippen LogP contribution is -2.38. The third-order valence-corrected chi connectivity index (χ3v) is 3.89. The van der Waals surface area contributed by atoms with Crippen molar-refractivity contribution in [2.75, 3.05) is 13.6 Å². The summed E-state index contributed by atoms with van der Waals surface area (Å²) in [5.74, 6) is 0.467. The van der Waals surface area contributed by atoms with Crippen molar-refractivity contribution in [2.45, 2.75) is 38.6 Å². The molecule has 0 atom stereocenters. The molecular formula is C14H21N3O3. The molecule has 0 saturated heterocycles. The van der Waals surface area contributed by atoms with Crippen LogP contribution in [0.1, 0.15) is 32.1 Å². The normalized spacial score (nSPS) is 16.1. The van der Waals surface area contributed by atoms with E-state index in [0.717, 1.165) is 6.54 Å². The van der Waals surface area contributed by atoms with E-state index in [1.807, 2.05) is 0 Å². The van der Waals surface area contributed by atoms with Gasteiger partial charge in [0.05, 0.1) is 0 Å². The molecule has 0 aliphatic heterocycles. The first-order valence-electron chi connectivity index (χ1n) is 7.10. The fraction of sp³-hybridized carbons (Fsp3) is 0.643. The van der Waals surface area contributed by atoms with Crippen molar-refractivity contribution in [2.24, 2.45) is 5.92 Å². The van der Waals surface area contributed by atoms with Gasteiger partial charge in [0, 0.05) is 25.9 Å². The second-order valence-electron chi connectivity index (χ2n) is 5.52. The Hall–Kier alpha value is -1.85. The van der Waals surface area contributed by atoms with Gasteiger partial charge >= 0.3 is 5.69 Å². The molecule has 0 aromatic carbocycles. The first-order chi connectivity index (χ1) is 9.56. The van der Waals surface area contributed by atoms with Gasteiger partial charge in [0.25, 0.3) is 5.56 Å². The van der Waals surface area contributed by atoms with Crippen LogP contribution in [-0.2, 0) is 11.3 Å². The number of nitrogens with one attached hydrogen (secondary N) is 1. The maximum Gasteiger partial charge on any atom is 0.328 e. The molecule has 20 heavy (non-hydrogen) atoms.